The van der Waals surface area contributed by atoms with Crippen molar-refractivity contribution in [3.8, 4) is 0 Å². The van der Waals surface area contributed by atoms with Crippen LogP contribution in [0.1, 0.15) is 10.4 Å². The standard InChI is InChI=1S/C14H7N5O7S/c20-13(9-3-1-7(17(21)22)5-11(9)19(25)26)16-14-15-10-4-2-8(18(23)24)6-12(10)27-14/h1-6H,(H,15,16,20). The minimum absolute atomic E-state index is 0.0724. The van der Waals surface area contributed by atoms with Crippen molar-refractivity contribution in [2.75, 3.05) is 5.32 Å². The van der Waals surface area contributed by atoms with Crippen molar-refractivity contribution in [1.29, 1.82) is 0 Å². The zero-order valence-corrected chi connectivity index (χ0v) is 13.8. The summed E-state index contributed by atoms with van der Waals surface area (Å²) in [6.07, 6.45) is 0. The highest BCUT2D eigenvalue weighted by Crippen LogP contribution is 2.30. The van der Waals surface area contributed by atoms with E-state index in [-0.39, 0.29) is 16.4 Å². The monoisotopic (exact) mass is 389 g/mol. The van der Waals surface area contributed by atoms with Gasteiger partial charge in [-0.1, -0.05) is 11.3 Å². The lowest BCUT2D eigenvalue weighted by Crippen LogP contribution is -2.14. The molecule has 0 unspecified atom stereocenters. The van der Waals surface area contributed by atoms with Gasteiger partial charge in [-0.05, 0) is 12.1 Å². The Hall–Kier alpha value is -4.00. The van der Waals surface area contributed by atoms with Crippen LogP contribution in [0.3, 0.4) is 0 Å². The number of nitro groups is 3. The number of non-ortho nitro benzene ring substituents is 2. The van der Waals surface area contributed by atoms with Crippen molar-refractivity contribution in [3.63, 3.8) is 0 Å². The van der Waals surface area contributed by atoms with Crippen LogP contribution in [0.5, 0.6) is 0 Å². The SMILES string of the molecule is O=C(Nc1nc2ccc([N+](=O)[O-])cc2s1)c1ccc([N+](=O)[O-])cc1[N+](=O)[O-]. The Morgan fingerprint density at radius 1 is 0.926 bits per heavy atom. The quantitative estimate of drug-likeness (QED) is 0.511. The molecule has 0 bridgehead atoms. The van der Waals surface area contributed by atoms with Crippen LogP contribution in [-0.2, 0) is 0 Å². The molecule has 13 heteroatoms. The number of nitrogens with zero attached hydrogens (tertiary/aromatic N) is 4. The summed E-state index contributed by atoms with van der Waals surface area (Å²) in [5.74, 6) is -0.884. The van der Waals surface area contributed by atoms with Gasteiger partial charge < -0.3 is 0 Å². The summed E-state index contributed by atoms with van der Waals surface area (Å²) in [6, 6.07) is 6.60. The minimum atomic E-state index is -0.899. The Morgan fingerprint density at radius 3 is 2.19 bits per heavy atom. The molecule has 1 aromatic heterocycles. The van der Waals surface area contributed by atoms with Crippen LogP contribution in [0, 0.1) is 30.3 Å². The molecular formula is C14H7N5O7S. The van der Waals surface area contributed by atoms with E-state index in [1.54, 1.807) is 0 Å². The highest BCUT2D eigenvalue weighted by atomic mass is 32.1. The van der Waals surface area contributed by atoms with Gasteiger partial charge in [0.15, 0.2) is 5.13 Å². The first kappa shape index (κ1) is 17.8. The van der Waals surface area contributed by atoms with Crippen LogP contribution < -0.4 is 5.32 Å². The lowest BCUT2D eigenvalue weighted by molar-refractivity contribution is -0.394. The predicted molar refractivity (Wildman–Crippen MR) is 94.0 cm³/mol. The summed E-state index contributed by atoms with van der Waals surface area (Å²) >= 11 is 0.949. The first-order valence-corrected chi connectivity index (χ1v) is 7.87. The lowest BCUT2D eigenvalue weighted by atomic mass is 10.1. The van der Waals surface area contributed by atoms with Crippen molar-refractivity contribution in [1.82, 2.24) is 4.98 Å². The van der Waals surface area contributed by atoms with Gasteiger partial charge >= 0.3 is 0 Å². The van der Waals surface area contributed by atoms with E-state index in [0.717, 1.165) is 23.5 Å². The average Bonchev–Trinajstić information content (AvgIpc) is 3.02. The summed E-state index contributed by atoms with van der Waals surface area (Å²) in [7, 11) is 0. The number of anilines is 1. The number of nitrogens with one attached hydrogen (secondary N) is 1. The Morgan fingerprint density at radius 2 is 1.56 bits per heavy atom. The molecule has 3 rings (SSSR count). The fourth-order valence-electron chi connectivity index (χ4n) is 2.22. The lowest BCUT2D eigenvalue weighted by Gasteiger charge is -2.03. The molecule has 1 N–H and O–H groups in total. The second kappa shape index (κ2) is 6.72. The average molecular weight is 389 g/mol. The van der Waals surface area contributed by atoms with Crippen LogP contribution in [0.15, 0.2) is 36.4 Å². The molecule has 0 aliphatic rings. The van der Waals surface area contributed by atoms with Gasteiger partial charge in [0.1, 0.15) is 5.56 Å². The number of carbonyl (C=O) groups excluding carboxylic acids is 1. The van der Waals surface area contributed by atoms with Crippen LogP contribution in [0.2, 0.25) is 0 Å². The number of carbonyl (C=O) groups is 1. The Labute approximate surface area is 152 Å². The van der Waals surface area contributed by atoms with E-state index in [9.17, 15) is 35.1 Å². The minimum Gasteiger partial charge on any atom is -0.298 e. The van der Waals surface area contributed by atoms with Crippen LogP contribution in [0.4, 0.5) is 22.2 Å². The summed E-state index contributed by atoms with van der Waals surface area (Å²) < 4.78 is 0.442. The Bertz CT molecular complexity index is 1130. The van der Waals surface area contributed by atoms with Gasteiger partial charge in [0.2, 0.25) is 0 Å². The molecule has 0 fully saturated rings. The van der Waals surface area contributed by atoms with Gasteiger partial charge in [-0.15, -0.1) is 0 Å². The predicted octanol–water partition coefficient (Wildman–Crippen LogP) is 3.27. The number of hydrogen-bond donors (Lipinski definition) is 1. The van der Waals surface area contributed by atoms with Gasteiger partial charge in [-0.3, -0.25) is 40.5 Å². The maximum absolute atomic E-state index is 12.3. The van der Waals surface area contributed by atoms with E-state index < -0.39 is 32.1 Å². The molecule has 0 aliphatic heterocycles. The molecule has 0 saturated heterocycles. The second-order valence-electron chi connectivity index (χ2n) is 5.10. The van der Waals surface area contributed by atoms with Crippen LogP contribution >= 0.6 is 11.3 Å². The summed E-state index contributed by atoms with van der Waals surface area (Å²) in [4.78, 5) is 46.8. The Kier molecular flexibility index (Phi) is 4.43. The van der Waals surface area contributed by atoms with Gasteiger partial charge in [-0.25, -0.2) is 4.98 Å². The first-order valence-electron chi connectivity index (χ1n) is 7.05. The molecule has 1 heterocycles. The number of amides is 1. The van der Waals surface area contributed by atoms with Crippen molar-refractivity contribution < 1.29 is 19.6 Å². The molecule has 3 aromatic rings. The summed E-state index contributed by atoms with van der Waals surface area (Å²) in [5.41, 5.74) is -1.37. The molecule has 0 aliphatic carbocycles. The van der Waals surface area contributed by atoms with Gasteiger partial charge in [0.25, 0.3) is 23.0 Å². The molecule has 0 spiro atoms. The van der Waals surface area contributed by atoms with Crippen LogP contribution in [-0.4, -0.2) is 25.7 Å². The number of nitro benzene ring substituents is 3. The number of thiazole rings is 1. The van der Waals surface area contributed by atoms with E-state index in [2.05, 4.69) is 10.3 Å². The number of hydrogen-bond acceptors (Lipinski definition) is 9. The van der Waals surface area contributed by atoms with E-state index >= 15 is 0 Å². The third-order valence-electron chi connectivity index (χ3n) is 3.44. The van der Waals surface area contributed by atoms with E-state index in [1.165, 1.54) is 18.2 Å². The first-order chi connectivity index (χ1) is 12.8. The van der Waals surface area contributed by atoms with Gasteiger partial charge in [-0.2, -0.15) is 0 Å². The molecule has 0 saturated carbocycles. The highest BCUT2D eigenvalue weighted by Gasteiger charge is 2.25. The topological polar surface area (TPSA) is 171 Å². The third kappa shape index (κ3) is 3.52. The maximum Gasteiger partial charge on any atom is 0.289 e. The molecule has 1 amide bonds. The van der Waals surface area contributed by atoms with E-state index in [0.29, 0.717) is 16.3 Å². The molecule has 2 aromatic carbocycles. The zero-order valence-electron chi connectivity index (χ0n) is 13.0. The van der Waals surface area contributed by atoms with Crippen LogP contribution in [0.25, 0.3) is 10.2 Å². The molecule has 136 valence electrons. The molecule has 27 heavy (non-hydrogen) atoms. The van der Waals surface area contributed by atoms with E-state index in [4.69, 9.17) is 0 Å². The highest BCUT2D eigenvalue weighted by molar-refractivity contribution is 7.22. The van der Waals surface area contributed by atoms with Crippen molar-refractivity contribution in [3.05, 3.63) is 72.3 Å². The molecule has 0 radical (unpaired) electrons. The summed E-state index contributed by atoms with van der Waals surface area (Å²) in [5, 5.41) is 35.1. The van der Waals surface area contributed by atoms with Crippen molar-refractivity contribution in [2.45, 2.75) is 0 Å². The third-order valence-corrected chi connectivity index (χ3v) is 4.37. The molecule has 12 nitrogen and oxygen atoms in total. The van der Waals surface area contributed by atoms with Crippen molar-refractivity contribution >= 4 is 49.7 Å². The smallest absolute Gasteiger partial charge is 0.289 e. The zero-order chi connectivity index (χ0) is 19.7. The van der Waals surface area contributed by atoms with Gasteiger partial charge in [0.05, 0.1) is 31.1 Å². The Balaban J connectivity index is 1.93. The number of aromatic nitrogens is 1. The van der Waals surface area contributed by atoms with Gasteiger partial charge in [0, 0.05) is 18.2 Å². The normalized spacial score (nSPS) is 10.5. The number of rotatable bonds is 5. The fraction of sp³-hybridized carbons (Fsp3) is 0. The fourth-order valence-corrected chi connectivity index (χ4v) is 3.12. The van der Waals surface area contributed by atoms with Crippen molar-refractivity contribution in [2.24, 2.45) is 0 Å². The summed E-state index contributed by atoms with van der Waals surface area (Å²) in [6.45, 7) is 0. The maximum atomic E-state index is 12.3. The van der Waals surface area contributed by atoms with E-state index in [1.807, 2.05) is 0 Å². The number of fused-ring (bicyclic) bond motifs is 1. The second-order valence-corrected chi connectivity index (χ2v) is 6.13. The largest absolute Gasteiger partial charge is 0.298 e. The number of benzene rings is 2. The molecule has 0 atom stereocenters. The molecular weight excluding hydrogens is 382 g/mol.